The maximum Gasteiger partial charge on any atom is 0.272 e. The molecule has 4 aromatic carbocycles. The van der Waals surface area contributed by atoms with Crippen molar-refractivity contribution in [2.24, 2.45) is 0 Å². The zero-order chi connectivity index (χ0) is 31.2. The van der Waals surface area contributed by atoms with E-state index in [4.69, 9.17) is 0 Å². The summed E-state index contributed by atoms with van der Waals surface area (Å²) in [6, 6.07) is 27.8. The van der Waals surface area contributed by atoms with E-state index in [-0.39, 0.29) is 29.6 Å². The van der Waals surface area contributed by atoms with Crippen molar-refractivity contribution in [3.05, 3.63) is 134 Å². The minimum atomic E-state index is -0.633. The average molecular weight is 719 g/mol. The van der Waals surface area contributed by atoms with Gasteiger partial charge in [0.05, 0.1) is 15.9 Å². The molecule has 4 amide bonds. The number of carbonyl (C=O) groups excluding carboxylic acids is 4. The number of imide groups is 1. The molecule has 44 heavy (non-hydrogen) atoms. The summed E-state index contributed by atoms with van der Waals surface area (Å²) in [5, 5.41) is 15.8. The Balaban J connectivity index is 1.33. The first-order valence-electron chi connectivity index (χ1n) is 13.2. The third-order valence-electron chi connectivity index (χ3n) is 6.50. The largest absolute Gasteiger partial charge is 0.321 e. The molecule has 220 valence electrons. The predicted molar refractivity (Wildman–Crippen MR) is 176 cm³/mol. The Bertz CT molecular complexity index is 1780. The van der Waals surface area contributed by atoms with Gasteiger partial charge in [0.25, 0.3) is 17.5 Å². The monoisotopic (exact) mass is 718 g/mol. The minimum absolute atomic E-state index is 0.0414. The van der Waals surface area contributed by atoms with E-state index in [2.05, 4.69) is 33.2 Å². The van der Waals surface area contributed by atoms with Crippen LogP contribution in [0.4, 0.5) is 17.1 Å². The molecular weight excluding hydrogens is 695 g/mol. The first-order valence-corrected chi connectivity index (χ1v) is 15.2. The van der Waals surface area contributed by atoms with Crippen molar-refractivity contribution in [3.63, 3.8) is 0 Å². The summed E-state index contributed by atoms with van der Waals surface area (Å²) in [6.45, 7) is 0. The van der Waals surface area contributed by atoms with Crippen LogP contribution in [0.15, 0.2) is 114 Å². The van der Waals surface area contributed by atoms with E-state index in [1.807, 2.05) is 12.1 Å². The molecule has 1 heterocycles. The van der Waals surface area contributed by atoms with Crippen LogP contribution < -0.4 is 15.5 Å². The number of benzene rings is 4. The lowest BCUT2D eigenvalue weighted by molar-refractivity contribution is -0.384. The maximum atomic E-state index is 13.4. The minimum Gasteiger partial charge on any atom is -0.321 e. The van der Waals surface area contributed by atoms with E-state index in [0.29, 0.717) is 27.4 Å². The first-order chi connectivity index (χ1) is 21.2. The number of nitrogens with one attached hydrogen (secondary N) is 2. The van der Waals surface area contributed by atoms with Crippen molar-refractivity contribution >= 4 is 81.1 Å². The summed E-state index contributed by atoms with van der Waals surface area (Å²) in [7, 11) is 0. The second-order valence-electron chi connectivity index (χ2n) is 9.56. The molecule has 1 atom stereocenters. The van der Waals surface area contributed by atoms with Gasteiger partial charge < -0.3 is 10.6 Å². The molecule has 0 bridgehead atoms. The van der Waals surface area contributed by atoms with Gasteiger partial charge in [0.2, 0.25) is 11.8 Å². The molecule has 10 nitrogen and oxygen atoms in total. The number of thioether (sulfide) groups is 1. The summed E-state index contributed by atoms with van der Waals surface area (Å²) in [5.41, 5.74) is 1.52. The van der Waals surface area contributed by atoms with Gasteiger partial charge in [-0.05, 0) is 101 Å². The van der Waals surface area contributed by atoms with Crippen LogP contribution in [-0.4, -0.2) is 33.8 Å². The highest BCUT2D eigenvalue weighted by Gasteiger charge is 2.40. The van der Waals surface area contributed by atoms with Crippen molar-refractivity contribution in [1.29, 1.82) is 0 Å². The smallest absolute Gasteiger partial charge is 0.272 e. The van der Waals surface area contributed by atoms with Crippen LogP contribution in [0.5, 0.6) is 0 Å². The molecule has 5 rings (SSSR count). The van der Waals surface area contributed by atoms with Crippen molar-refractivity contribution in [2.45, 2.75) is 16.6 Å². The fourth-order valence-corrected chi connectivity index (χ4v) is 5.84. The highest BCUT2D eigenvalue weighted by Crippen LogP contribution is 2.35. The third kappa shape index (κ3) is 7.38. The van der Waals surface area contributed by atoms with Crippen LogP contribution in [0.25, 0.3) is 6.08 Å². The number of hydrogen-bond donors (Lipinski definition) is 2. The Hall–Kier alpha value is -4.82. The summed E-state index contributed by atoms with van der Waals surface area (Å²) >= 11 is 3.38. The number of halogens is 1. The number of carbonyl (C=O) groups is 4. The van der Waals surface area contributed by atoms with Crippen molar-refractivity contribution in [3.8, 4) is 0 Å². The quantitative estimate of drug-likeness (QED) is 0.0709. The normalized spacial score (nSPS) is 14.8. The topological polar surface area (TPSA) is 139 Å². The van der Waals surface area contributed by atoms with Crippen molar-refractivity contribution < 1.29 is 24.1 Å². The molecule has 4 aromatic rings. The van der Waals surface area contributed by atoms with E-state index in [0.717, 1.165) is 3.57 Å². The molecule has 0 aliphatic carbocycles. The number of non-ortho nitro benzene ring substituents is 1. The number of rotatable bonds is 9. The van der Waals surface area contributed by atoms with Crippen LogP contribution in [0.2, 0.25) is 0 Å². The van der Waals surface area contributed by atoms with Crippen LogP contribution in [0, 0.1) is 13.7 Å². The Morgan fingerprint density at radius 2 is 1.64 bits per heavy atom. The van der Waals surface area contributed by atoms with Gasteiger partial charge in [-0.1, -0.05) is 24.3 Å². The van der Waals surface area contributed by atoms with Crippen molar-refractivity contribution in [2.75, 3.05) is 10.2 Å². The SMILES string of the molecule is O=C(Nc1cccc(SC2CC(=O)N(c3ccc(I)cc3)C2=O)c1)C(=Cc1ccc([N+](=O)[O-])cc1)NC(=O)c1ccccc1. The summed E-state index contributed by atoms with van der Waals surface area (Å²) < 4.78 is 0.987. The number of anilines is 2. The van der Waals surface area contributed by atoms with Crippen LogP contribution >= 0.6 is 34.4 Å². The summed E-state index contributed by atoms with van der Waals surface area (Å²) in [5.74, 6) is -1.74. The molecule has 12 heteroatoms. The van der Waals surface area contributed by atoms with Crippen LogP contribution in [-0.2, 0) is 14.4 Å². The number of amides is 4. The molecule has 0 radical (unpaired) electrons. The van der Waals surface area contributed by atoms with Gasteiger partial charge in [0.1, 0.15) is 5.70 Å². The van der Waals surface area contributed by atoms with Gasteiger partial charge in [-0.3, -0.25) is 29.3 Å². The van der Waals surface area contributed by atoms with Gasteiger partial charge in [-0.2, -0.15) is 0 Å². The van der Waals surface area contributed by atoms with Gasteiger partial charge in [-0.25, -0.2) is 4.90 Å². The van der Waals surface area contributed by atoms with Crippen LogP contribution in [0.1, 0.15) is 22.3 Å². The van der Waals surface area contributed by atoms with Gasteiger partial charge in [0, 0.05) is 38.3 Å². The van der Waals surface area contributed by atoms with E-state index in [1.165, 1.54) is 47.0 Å². The number of nitro benzene ring substituents is 1. The molecule has 1 fully saturated rings. The third-order valence-corrected chi connectivity index (χ3v) is 8.40. The van der Waals surface area contributed by atoms with Crippen molar-refractivity contribution in [1.82, 2.24) is 5.32 Å². The molecule has 1 unspecified atom stereocenters. The Morgan fingerprint density at radius 1 is 0.932 bits per heavy atom. The highest BCUT2D eigenvalue weighted by atomic mass is 127. The highest BCUT2D eigenvalue weighted by molar-refractivity contribution is 14.1. The average Bonchev–Trinajstić information content (AvgIpc) is 3.29. The van der Waals surface area contributed by atoms with E-state index < -0.39 is 22.0 Å². The molecule has 1 aliphatic rings. The molecule has 0 saturated carbocycles. The molecular formula is C32H23IN4O6S. The second-order valence-corrected chi connectivity index (χ2v) is 12.1. The number of hydrogen-bond acceptors (Lipinski definition) is 7. The summed E-state index contributed by atoms with van der Waals surface area (Å²) in [4.78, 5) is 64.5. The van der Waals surface area contributed by atoms with Gasteiger partial charge >= 0.3 is 0 Å². The number of nitrogens with zero attached hydrogens (tertiary/aromatic N) is 2. The van der Waals surface area contributed by atoms with E-state index >= 15 is 0 Å². The lowest BCUT2D eigenvalue weighted by Gasteiger charge is -2.15. The maximum absolute atomic E-state index is 13.4. The second kappa shape index (κ2) is 13.7. The van der Waals surface area contributed by atoms with E-state index in [1.54, 1.807) is 66.7 Å². The Kier molecular flexibility index (Phi) is 9.50. The fraction of sp³-hybridized carbons (Fsp3) is 0.0625. The Labute approximate surface area is 269 Å². The van der Waals surface area contributed by atoms with E-state index in [9.17, 15) is 29.3 Å². The molecule has 0 spiro atoms. The summed E-state index contributed by atoms with van der Waals surface area (Å²) in [6.07, 6.45) is 1.46. The van der Waals surface area contributed by atoms with Gasteiger partial charge in [-0.15, -0.1) is 11.8 Å². The predicted octanol–water partition coefficient (Wildman–Crippen LogP) is 6.03. The van der Waals surface area contributed by atoms with Gasteiger partial charge in [0.15, 0.2) is 0 Å². The lowest BCUT2D eigenvalue weighted by atomic mass is 10.1. The zero-order valence-electron chi connectivity index (χ0n) is 22.8. The van der Waals surface area contributed by atoms with Crippen LogP contribution in [0.3, 0.4) is 0 Å². The first kappa shape index (κ1) is 30.6. The standard InChI is InChI=1S/C32H23IN4O6S/c33-22-11-15-24(16-12-22)36-29(38)19-28(32(36)41)44-26-8-4-7-23(18-26)34-31(40)27(35-30(39)21-5-2-1-3-6-21)17-20-9-13-25(14-10-20)37(42)43/h1-18,28H,19H2,(H,34,40)(H,35,39). The zero-order valence-corrected chi connectivity index (χ0v) is 25.8. The Morgan fingerprint density at radius 3 is 2.32 bits per heavy atom. The fourth-order valence-electron chi connectivity index (χ4n) is 4.37. The molecule has 1 saturated heterocycles. The molecule has 1 aliphatic heterocycles. The molecule has 2 N–H and O–H groups in total. The number of nitro groups is 1. The molecule has 0 aromatic heterocycles. The lowest BCUT2D eigenvalue weighted by Crippen LogP contribution is -2.31.